The number of carbonyl (C=O) groups is 1. The zero-order valence-corrected chi connectivity index (χ0v) is 12.7. The molecule has 2 aromatic carbocycles. The number of rotatable bonds is 4. The average Bonchev–Trinajstić information content (AvgIpc) is 3.05. The van der Waals surface area contributed by atoms with Crippen molar-refractivity contribution < 1.29 is 9.53 Å². The van der Waals surface area contributed by atoms with Crippen LogP contribution < -0.4 is 4.74 Å². The molecule has 0 unspecified atom stereocenters. The molecule has 1 aliphatic rings. The van der Waals surface area contributed by atoms with Gasteiger partial charge in [0.05, 0.1) is 12.3 Å². The van der Waals surface area contributed by atoms with Crippen LogP contribution in [-0.4, -0.2) is 29.8 Å². The lowest BCUT2D eigenvalue weighted by Gasteiger charge is -2.12. The minimum absolute atomic E-state index is 0.0345. The lowest BCUT2D eigenvalue weighted by Crippen LogP contribution is -2.28. The highest BCUT2D eigenvalue weighted by atomic mass is 35.5. The van der Waals surface area contributed by atoms with Gasteiger partial charge in [0.2, 0.25) is 0 Å². The van der Waals surface area contributed by atoms with E-state index >= 15 is 0 Å². The molecule has 0 aliphatic carbocycles. The standard InChI is InChI=1S/C17H15ClN2O2/c18-14-6-8-15(9-7-14)22-12-17(21)20-11-10-16(19-20)13-4-2-1-3-5-13/h1-9H,10-12H2. The molecule has 0 aromatic heterocycles. The summed E-state index contributed by atoms with van der Waals surface area (Å²) in [6.07, 6.45) is 0.761. The predicted octanol–water partition coefficient (Wildman–Crippen LogP) is 3.36. The second-order valence-electron chi connectivity index (χ2n) is 4.92. The van der Waals surface area contributed by atoms with Crippen LogP contribution in [-0.2, 0) is 4.79 Å². The SMILES string of the molecule is O=C(COc1ccc(Cl)cc1)N1CCC(c2ccccc2)=N1. The fourth-order valence-corrected chi connectivity index (χ4v) is 2.35. The van der Waals surface area contributed by atoms with E-state index < -0.39 is 0 Å². The highest BCUT2D eigenvalue weighted by Crippen LogP contribution is 2.17. The van der Waals surface area contributed by atoms with E-state index in [0.29, 0.717) is 17.3 Å². The Hall–Kier alpha value is -2.33. The molecule has 4 nitrogen and oxygen atoms in total. The lowest BCUT2D eigenvalue weighted by molar-refractivity contribution is -0.132. The Labute approximate surface area is 134 Å². The summed E-state index contributed by atoms with van der Waals surface area (Å²) in [6, 6.07) is 16.8. The lowest BCUT2D eigenvalue weighted by atomic mass is 10.1. The Bertz CT molecular complexity index is 684. The van der Waals surface area contributed by atoms with Crippen molar-refractivity contribution in [3.63, 3.8) is 0 Å². The van der Waals surface area contributed by atoms with Crippen LogP contribution >= 0.6 is 11.6 Å². The Morgan fingerprint density at radius 1 is 1.14 bits per heavy atom. The first-order valence-electron chi connectivity index (χ1n) is 7.04. The molecule has 0 N–H and O–H groups in total. The fraction of sp³-hybridized carbons (Fsp3) is 0.176. The molecule has 0 radical (unpaired) electrons. The van der Waals surface area contributed by atoms with Crippen LogP contribution in [0.1, 0.15) is 12.0 Å². The third-order valence-corrected chi connectivity index (χ3v) is 3.62. The van der Waals surface area contributed by atoms with Crippen LogP contribution in [0.25, 0.3) is 0 Å². The molecule has 3 rings (SSSR count). The summed E-state index contributed by atoms with van der Waals surface area (Å²) in [5.41, 5.74) is 1.98. The molecule has 0 spiro atoms. The van der Waals surface area contributed by atoms with E-state index in [1.807, 2.05) is 30.3 Å². The van der Waals surface area contributed by atoms with Gasteiger partial charge >= 0.3 is 0 Å². The molecule has 112 valence electrons. The van der Waals surface area contributed by atoms with Crippen molar-refractivity contribution >= 4 is 23.2 Å². The van der Waals surface area contributed by atoms with Crippen molar-refractivity contribution in [2.75, 3.05) is 13.2 Å². The van der Waals surface area contributed by atoms with Gasteiger partial charge in [-0.15, -0.1) is 0 Å². The number of ether oxygens (including phenoxy) is 1. The van der Waals surface area contributed by atoms with Crippen LogP contribution in [0.5, 0.6) is 5.75 Å². The number of benzene rings is 2. The quantitative estimate of drug-likeness (QED) is 0.868. The van der Waals surface area contributed by atoms with Gasteiger partial charge in [-0.2, -0.15) is 5.10 Å². The minimum atomic E-state index is -0.152. The van der Waals surface area contributed by atoms with Crippen molar-refractivity contribution in [1.82, 2.24) is 5.01 Å². The van der Waals surface area contributed by atoms with Gasteiger partial charge < -0.3 is 4.74 Å². The first-order valence-corrected chi connectivity index (χ1v) is 7.42. The Morgan fingerprint density at radius 3 is 2.59 bits per heavy atom. The van der Waals surface area contributed by atoms with Crippen LogP contribution in [0.2, 0.25) is 5.02 Å². The van der Waals surface area contributed by atoms with Gasteiger partial charge in [-0.1, -0.05) is 41.9 Å². The molecular formula is C17H15ClN2O2. The molecule has 0 saturated heterocycles. The fourth-order valence-electron chi connectivity index (χ4n) is 2.22. The number of amides is 1. The van der Waals surface area contributed by atoms with Crippen molar-refractivity contribution in [1.29, 1.82) is 0 Å². The monoisotopic (exact) mass is 314 g/mol. The average molecular weight is 315 g/mol. The number of hydrogen-bond acceptors (Lipinski definition) is 3. The molecule has 0 saturated carbocycles. The first-order chi connectivity index (χ1) is 10.7. The number of nitrogens with zero attached hydrogens (tertiary/aromatic N) is 2. The Morgan fingerprint density at radius 2 is 1.86 bits per heavy atom. The molecule has 1 aliphatic heterocycles. The van der Waals surface area contributed by atoms with Crippen LogP contribution in [0, 0.1) is 0 Å². The topological polar surface area (TPSA) is 41.9 Å². The molecule has 0 atom stereocenters. The van der Waals surface area contributed by atoms with Gasteiger partial charge in [-0.25, -0.2) is 5.01 Å². The summed E-state index contributed by atoms with van der Waals surface area (Å²) >= 11 is 5.80. The second-order valence-corrected chi connectivity index (χ2v) is 5.36. The van der Waals surface area contributed by atoms with Crippen molar-refractivity contribution in [2.24, 2.45) is 5.10 Å². The van der Waals surface area contributed by atoms with Gasteiger partial charge in [-0.3, -0.25) is 4.79 Å². The van der Waals surface area contributed by atoms with Crippen LogP contribution in [0.15, 0.2) is 59.7 Å². The highest BCUT2D eigenvalue weighted by Gasteiger charge is 2.21. The molecule has 5 heteroatoms. The molecular weight excluding hydrogens is 300 g/mol. The maximum atomic E-state index is 12.1. The number of carbonyl (C=O) groups excluding carboxylic acids is 1. The molecule has 22 heavy (non-hydrogen) atoms. The van der Waals surface area contributed by atoms with Gasteiger partial charge in [0.1, 0.15) is 5.75 Å². The van der Waals surface area contributed by atoms with E-state index in [-0.39, 0.29) is 12.5 Å². The third kappa shape index (κ3) is 3.46. The Kier molecular flexibility index (Phi) is 4.39. The zero-order valence-electron chi connectivity index (χ0n) is 11.9. The summed E-state index contributed by atoms with van der Waals surface area (Å²) in [6.45, 7) is 0.556. The Balaban J connectivity index is 1.59. The smallest absolute Gasteiger partial charge is 0.280 e. The van der Waals surface area contributed by atoms with E-state index in [0.717, 1.165) is 17.7 Å². The summed E-state index contributed by atoms with van der Waals surface area (Å²) < 4.78 is 5.46. The first kappa shape index (κ1) is 14.6. The normalized spacial score (nSPS) is 13.9. The summed E-state index contributed by atoms with van der Waals surface area (Å²) in [4.78, 5) is 12.1. The number of hydrazone groups is 1. The van der Waals surface area contributed by atoms with Crippen molar-refractivity contribution in [3.05, 3.63) is 65.2 Å². The molecule has 1 amide bonds. The maximum Gasteiger partial charge on any atom is 0.280 e. The minimum Gasteiger partial charge on any atom is -0.484 e. The van der Waals surface area contributed by atoms with Crippen molar-refractivity contribution in [2.45, 2.75) is 6.42 Å². The van der Waals surface area contributed by atoms with Crippen LogP contribution in [0.3, 0.4) is 0 Å². The van der Waals surface area contributed by atoms with Crippen LogP contribution in [0.4, 0.5) is 0 Å². The zero-order chi connectivity index (χ0) is 15.4. The number of hydrogen-bond donors (Lipinski definition) is 0. The highest BCUT2D eigenvalue weighted by molar-refractivity contribution is 6.30. The van der Waals surface area contributed by atoms with E-state index in [2.05, 4.69) is 5.10 Å². The third-order valence-electron chi connectivity index (χ3n) is 3.37. The van der Waals surface area contributed by atoms with Gasteiger partial charge in [-0.05, 0) is 29.8 Å². The molecule has 1 heterocycles. The molecule has 0 fully saturated rings. The number of halogens is 1. The van der Waals surface area contributed by atoms with E-state index in [4.69, 9.17) is 16.3 Å². The van der Waals surface area contributed by atoms with Crippen molar-refractivity contribution in [3.8, 4) is 5.75 Å². The van der Waals surface area contributed by atoms with Gasteiger partial charge in [0, 0.05) is 11.4 Å². The largest absolute Gasteiger partial charge is 0.484 e. The summed E-state index contributed by atoms with van der Waals surface area (Å²) in [5, 5.41) is 6.49. The second kappa shape index (κ2) is 6.62. The van der Waals surface area contributed by atoms with E-state index in [1.54, 1.807) is 24.3 Å². The summed E-state index contributed by atoms with van der Waals surface area (Å²) in [5.74, 6) is 0.463. The summed E-state index contributed by atoms with van der Waals surface area (Å²) in [7, 11) is 0. The van der Waals surface area contributed by atoms with E-state index in [1.165, 1.54) is 5.01 Å². The molecule has 2 aromatic rings. The van der Waals surface area contributed by atoms with E-state index in [9.17, 15) is 4.79 Å². The van der Waals surface area contributed by atoms with Gasteiger partial charge in [0.15, 0.2) is 6.61 Å². The molecule has 0 bridgehead atoms. The van der Waals surface area contributed by atoms with Gasteiger partial charge in [0.25, 0.3) is 5.91 Å². The maximum absolute atomic E-state index is 12.1. The predicted molar refractivity (Wildman–Crippen MR) is 86.3 cm³/mol.